The maximum absolute atomic E-state index is 10.4. The fourth-order valence-electron chi connectivity index (χ4n) is 6.51. The minimum atomic E-state index is 0.00540. The predicted molar refractivity (Wildman–Crippen MR) is 110 cm³/mol. The van der Waals surface area contributed by atoms with Gasteiger partial charge in [0.2, 0.25) is 11.8 Å². The molecule has 0 radical (unpaired) electrons. The van der Waals surface area contributed by atoms with Crippen LogP contribution < -0.4 is 15.9 Å². The van der Waals surface area contributed by atoms with Crippen molar-refractivity contribution in [1.82, 2.24) is 9.97 Å². The van der Waals surface area contributed by atoms with E-state index in [0.29, 0.717) is 11.6 Å². The number of aromatic hydroxyl groups is 1. The van der Waals surface area contributed by atoms with Crippen LogP contribution in [0.1, 0.15) is 44.2 Å². The van der Waals surface area contributed by atoms with Crippen LogP contribution in [0.4, 0.5) is 11.6 Å². The Kier molecular flexibility index (Phi) is 3.51. The van der Waals surface area contributed by atoms with Crippen molar-refractivity contribution in [2.75, 3.05) is 12.4 Å². The highest BCUT2D eigenvalue weighted by Crippen LogP contribution is 2.59. The van der Waals surface area contributed by atoms with Gasteiger partial charge in [-0.25, -0.2) is 9.98 Å². The summed E-state index contributed by atoms with van der Waals surface area (Å²) >= 11 is 0. The Labute approximate surface area is 168 Å². The van der Waals surface area contributed by atoms with E-state index in [1.807, 2.05) is 31.4 Å². The number of benzene rings is 1. The molecule has 7 rings (SSSR count). The van der Waals surface area contributed by atoms with Crippen LogP contribution in [0.25, 0.3) is 6.08 Å². The number of nitrogens with one attached hydrogen (secondary N) is 2. The number of anilines is 1. The summed E-state index contributed by atoms with van der Waals surface area (Å²) in [6.45, 7) is 0. The molecule has 5 aliphatic rings. The fraction of sp³-hybridized carbons (Fsp3) is 0.500. The van der Waals surface area contributed by atoms with Gasteiger partial charge in [-0.15, -0.1) is 0 Å². The van der Waals surface area contributed by atoms with Crippen molar-refractivity contribution < 1.29 is 9.84 Å². The van der Waals surface area contributed by atoms with Gasteiger partial charge < -0.3 is 20.1 Å². The number of ether oxygens (including phenoxy) is 1. The normalized spacial score (nSPS) is 34.4. The Morgan fingerprint density at radius 1 is 1.24 bits per heavy atom. The molecule has 0 amide bonds. The smallest absolute Gasteiger partial charge is 0.238 e. The third-order valence-corrected chi connectivity index (χ3v) is 7.24. The lowest BCUT2D eigenvalue weighted by Crippen LogP contribution is -2.62. The van der Waals surface area contributed by atoms with E-state index in [0.717, 1.165) is 47.4 Å². The topological polar surface area (TPSA) is 94.9 Å². The summed E-state index contributed by atoms with van der Waals surface area (Å²) in [5, 5.41) is 15.9. The average molecular weight is 391 g/mol. The van der Waals surface area contributed by atoms with Gasteiger partial charge in [0.05, 0.1) is 16.6 Å². The molecule has 29 heavy (non-hydrogen) atoms. The molecule has 3 N–H and O–H groups in total. The van der Waals surface area contributed by atoms with Crippen molar-refractivity contribution >= 4 is 24.1 Å². The van der Waals surface area contributed by atoms with E-state index in [-0.39, 0.29) is 17.0 Å². The van der Waals surface area contributed by atoms with Crippen LogP contribution in [-0.4, -0.2) is 39.7 Å². The van der Waals surface area contributed by atoms with Crippen LogP contribution in [0, 0.1) is 11.8 Å². The fourth-order valence-corrected chi connectivity index (χ4v) is 6.51. The summed E-state index contributed by atoms with van der Waals surface area (Å²) in [7, 11) is 1.86. The van der Waals surface area contributed by atoms with Crippen LogP contribution in [0.15, 0.2) is 28.2 Å². The second kappa shape index (κ2) is 5.92. The van der Waals surface area contributed by atoms with Gasteiger partial charge in [-0.2, -0.15) is 4.98 Å². The van der Waals surface area contributed by atoms with Gasteiger partial charge in [-0.05, 0) is 73.8 Å². The zero-order chi connectivity index (χ0) is 19.6. The number of aromatic amines is 1. The second-order valence-electron chi connectivity index (χ2n) is 9.34. The quantitative estimate of drug-likeness (QED) is 0.746. The van der Waals surface area contributed by atoms with Gasteiger partial charge in [0.25, 0.3) is 0 Å². The van der Waals surface area contributed by atoms with Crippen molar-refractivity contribution in [3.63, 3.8) is 0 Å². The third-order valence-electron chi connectivity index (χ3n) is 7.24. The van der Waals surface area contributed by atoms with Crippen molar-refractivity contribution in [2.24, 2.45) is 21.8 Å². The molecule has 2 aromatic rings. The van der Waals surface area contributed by atoms with Gasteiger partial charge in [-0.3, -0.25) is 0 Å². The number of aromatic nitrogens is 2. The molecule has 7 nitrogen and oxygen atoms in total. The molecule has 2 unspecified atom stereocenters. The lowest BCUT2D eigenvalue weighted by Gasteiger charge is -2.61. The Morgan fingerprint density at radius 3 is 2.86 bits per heavy atom. The number of H-pyrrole nitrogens is 1. The van der Waals surface area contributed by atoms with Gasteiger partial charge in [0, 0.05) is 12.6 Å². The maximum Gasteiger partial charge on any atom is 0.238 e. The molecule has 4 aliphatic carbocycles. The van der Waals surface area contributed by atoms with E-state index >= 15 is 0 Å². The van der Waals surface area contributed by atoms with Crippen molar-refractivity contribution in [2.45, 2.75) is 49.7 Å². The average Bonchev–Trinajstić information content (AvgIpc) is 3.26. The highest BCUT2D eigenvalue weighted by atomic mass is 16.5. The van der Waals surface area contributed by atoms with E-state index < -0.39 is 0 Å². The first kappa shape index (κ1) is 17.2. The first-order valence-corrected chi connectivity index (χ1v) is 10.4. The molecule has 1 aromatic carbocycles. The first-order chi connectivity index (χ1) is 14.0. The van der Waals surface area contributed by atoms with Crippen LogP contribution in [0.5, 0.6) is 5.88 Å². The molecule has 4 saturated carbocycles. The summed E-state index contributed by atoms with van der Waals surface area (Å²) in [6, 6.07) is 5.85. The molecular formula is C22H25N5O2. The summed E-state index contributed by atoms with van der Waals surface area (Å²) in [5.74, 6) is 2.08. The molecule has 1 aromatic heterocycles. The molecule has 150 valence electrons. The van der Waals surface area contributed by atoms with Crippen LogP contribution in [0.3, 0.4) is 0 Å². The molecule has 2 atom stereocenters. The molecular weight excluding hydrogens is 366 g/mol. The largest absolute Gasteiger partial charge is 0.492 e. The van der Waals surface area contributed by atoms with E-state index in [4.69, 9.17) is 4.74 Å². The number of aliphatic imine (C=N–C) groups is 1. The highest BCUT2D eigenvalue weighted by molar-refractivity contribution is 5.67. The van der Waals surface area contributed by atoms with Crippen LogP contribution in [-0.2, 0) is 4.74 Å². The molecule has 4 fully saturated rings. The molecule has 4 bridgehead atoms. The minimum absolute atomic E-state index is 0.00540. The van der Waals surface area contributed by atoms with Gasteiger partial charge in [0.15, 0.2) is 0 Å². The zero-order valence-corrected chi connectivity index (χ0v) is 16.5. The Bertz CT molecular complexity index is 1120. The van der Waals surface area contributed by atoms with E-state index in [1.54, 1.807) is 6.34 Å². The summed E-state index contributed by atoms with van der Waals surface area (Å²) in [5.41, 5.74) is 1.45. The monoisotopic (exact) mass is 391 g/mol. The predicted octanol–water partition coefficient (Wildman–Crippen LogP) is 2.39. The number of rotatable bonds is 4. The summed E-state index contributed by atoms with van der Waals surface area (Å²) in [4.78, 5) is 16.1. The SMILES string of the molecule is COC12CC3CC(CC(Nc4nc(O)c(C=c5ccc6c(c5)N=CN=6)[nH]4)(C3)C1)C2. The van der Waals surface area contributed by atoms with Gasteiger partial charge in [-0.1, -0.05) is 6.07 Å². The lowest BCUT2D eigenvalue weighted by atomic mass is 9.51. The zero-order valence-electron chi connectivity index (χ0n) is 16.5. The van der Waals surface area contributed by atoms with E-state index in [2.05, 4.69) is 25.3 Å². The van der Waals surface area contributed by atoms with E-state index in [1.165, 1.54) is 19.3 Å². The van der Waals surface area contributed by atoms with Gasteiger partial charge in [0.1, 0.15) is 12.0 Å². The molecule has 2 heterocycles. The first-order valence-electron chi connectivity index (χ1n) is 10.4. The Balaban J connectivity index is 1.30. The van der Waals surface area contributed by atoms with Crippen molar-refractivity contribution in [1.29, 1.82) is 0 Å². The highest BCUT2D eigenvalue weighted by Gasteiger charge is 2.58. The summed E-state index contributed by atoms with van der Waals surface area (Å²) < 4.78 is 6.01. The van der Waals surface area contributed by atoms with Crippen molar-refractivity contribution in [3.05, 3.63) is 34.5 Å². The number of imidazole rings is 1. The molecule has 1 aliphatic heterocycles. The van der Waals surface area contributed by atoms with Gasteiger partial charge >= 0.3 is 0 Å². The standard InChI is InChI=1S/C22H25N5O2/c1-29-22-9-14-4-15(10-22)8-21(7-14,11-22)27-20-25-18(19(28)26-20)6-13-2-3-16-17(5-13)24-12-23-16/h2-3,5-6,12,14-15,28H,4,7-11H2,1H3,(H2,25,26,27). The third kappa shape index (κ3) is 2.79. The molecule has 0 saturated heterocycles. The van der Waals surface area contributed by atoms with Crippen molar-refractivity contribution in [3.8, 4) is 5.88 Å². The number of fused-ring (bicyclic) bond motifs is 1. The lowest BCUT2D eigenvalue weighted by molar-refractivity contribution is -0.148. The molecule has 7 heteroatoms. The van der Waals surface area contributed by atoms with Crippen LogP contribution >= 0.6 is 0 Å². The number of methoxy groups -OCH3 is 1. The number of hydrogen-bond acceptors (Lipinski definition) is 6. The maximum atomic E-state index is 10.4. The Hall–Kier alpha value is -2.67. The summed E-state index contributed by atoms with van der Waals surface area (Å²) in [6.07, 6.45) is 10.4. The second-order valence-corrected chi connectivity index (χ2v) is 9.34. The van der Waals surface area contributed by atoms with Crippen LogP contribution in [0.2, 0.25) is 0 Å². The minimum Gasteiger partial charge on any atom is -0.492 e. The molecule has 0 spiro atoms. The van der Waals surface area contributed by atoms with E-state index in [9.17, 15) is 5.11 Å². The number of nitrogens with zero attached hydrogens (tertiary/aromatic N) is 3. The Morgan fingerprint density at radius 2 is 2.07 bits per heavy atom. The number of hydrogen-bond donors (Lipinski definition) is 3.